The summed E-state index contributed by atoms with van der Waals surface area (Å²) in [5, 5.41) is 16.4. The average molecular weight is 480 g/mol. The van der Waals surface area contributed by atoms with Gasteiger partial charge in [0.2, 0.25) is 5.91 Å². The van der Waals surface area contributed by atoms with Gasteiger partial charge in [0.15, 0.2) is 0 Å². The van der Waals surface area contributed by atoms with E-state index in [0.29, 0.717) is 19.4 Å². The summed E-state index contributed by atoms with van der Waals surface area (Å²) >= 11 is 0. The maximum atomic E-state index is 13.4. The number of piperidine rings is 1. The highest BCUT2D eigenvalue weighted by Crippen LogP contribution is 2.40. The molecule has 1 saturated carbocycles. The molecular weight excluding hydrogens is 434 g/mol. The number of hydrogen-bond donors (Lipinski definition) is 3. The minimum atomic E-state index is -0.925. The lowest BCUT2D eigenvalue weighted by Crippen LogP contribution is -2.55. The number of nitrogens with one attached hydrogen (secondary N) is 2. The van der Waals surface area contributed by atoms with E-state index in [1.807, 2.05) is 0 Å². The molecule has 0 aromatic rings. The molecule has 5 atom stereocenters. The Bertz CT molecular complexity index is 681. The molecule has 3 aliphatic rings. The molecule has 3 N–H and O–H groups in total. The van der Waals surface area contributed by atoms with Crippen LogP contribution < -0.4 is 10.6 Å². The fourth-order valence-electron chi connectivity index (χ4n) is 6.23. The Morgan fingerprint density at radius 2 is 1.82 bits per heavy atom. The van der Waals surface area contributed by atoms with Gasteiger partial charge >= 0.3 is 11.9 Å². The zero-order valence-electron chi connectivity index (χ0n) is 21.1. The summed E-state index contributed by atoms with van der Waals surface area (Å²) in [4.78, 5) is 39.6. The fraction of sp³-hybridized carbons (Fsp3) is 0.885. The largest absolute Gasteiger partial charge is 0.480 e. The van der Waals surface area contributed by atoms with E-state index in [2.05, 4.69) is 10.6 Å². The highest BCUT2D eigenvalue weighted by molar-refractivity contribution is 5.88. The van der Waals surface area contributed by atoms with Crippen LogP contribution in [0.15, 0.2) is 0 Å². The Balaban J connectivity index is 1.53. The van der Waals surface area contributed by atoms with Crippen LogP contribution in [0, 0.1) is 11.8 Å². The summed E-state index contributed by atoms with van der Waals surface area (Å²) in [5.74, 6) is -0.379. The maximum absolute atomic E-state index is 13.4. The molecule has 1 amide bonds. The lowest BCUT2D eigenvalue weighted by atomic mass is 9.84. The van der Waals surface area contributed by atoms with E-state index >= 15 is 0 Å². The van der Waals surface area contributed by atoms with Gasteiger partial charge in [-0.15, -0.1) is 0 Å². The number of unbranched alkanes of at least 4 members (excludes halogenated alkanes) is 2. The minimum Gasteiger partial charge on any atom is -0.480 e. The highest BCUT2D eigenvalue weighted by Gasteiger charge is 2.48. The molecule has 0 aromatic heterocycles. The quantitative estimate of drug-likeness (QED) is 0.292. The van der Waals surface area contributed by atoms with Crippen LogP contribution in [0.2, 0.25) is 0 Å². The summed E-state index contributed by atoms with van der Waals surface area (Å²) in [7, 11) is 0. The van der Waals surface area contributed by atoms with Crippen LogP contribution in [0.5, 0.6) is 0 Å². The van der Waals surface area contributed by atoms with Gasteiger partial charge in [0.05, 0.1) is 12.6 Å². The Morgan fingerprint density at radius 3 is 2.53 bits per heavy atom. The lowest BCUT2D eigenvalue weighted by Gasteiger charge is -2.35. The molecule has 8 heteroatoms. The van der Waals surface area contributed by atoms with E-state index in [-0.39, 0.29) is 23.8 Å². The first-order chi connectivity index (χ1) is 16.4. The third-order valence-electron chi connectivity index (χ3n) is 8.08. The number of amides is 1. The SMILES string of the molecule is CCOC(=O)[C@H](CCCCCC1CCNCC1)N[C@@H](C)C(=O)N1[C@H](C(=O)O)C[C@@H]2CCCC[C@@H]21. The normalized spacial score (nSPS) is 27.1. The van der Waals surface area contributed by atoms with Gasteiger partial charge in [0.25, 0.3) is 0 Å². The van der Waals surface area contributed by atoms with E-state index in [0.717, 1.165) is 64.0 Å². The number of nitrogens with zero attached hydrogens (tertiary/aromatic N) is 1. The number of carboxylic acids is 1. The lowest BCUT2D eigenvalue weighted by molar-refractivity contribution is -0.152. The van der Waals surface area contributed by atoms with Crippen LogP contribution in [-0.2, 0) is 19.1 Å². The van der Waals surface area contributed by atoms with Crippen molar-refractivity contribution in [2.75, 3.05) is 19.7 Å². The van der Waals surface area contributed by atoms with Crippen molar-refractivity contribution in [3.05, 3.63) is 0 Å². The van der Waals surface area contributed by atoms with Crippen molar-refractivity contribution >= 4 is 17.8 Å². The van der Waals surface area contributed by atoms with Gasteiger partial charge in [0.1, 0.15) is 12.1 Å². The van der Waals surface area contributed by atoms with E-state index in [4.69, 9.17) is 4.74 Å². The van der Waals surface area contributed by atoms with Crippen molar-refractivity contribution in [1.29, 1.82) is 0 Å². The third kappa shape index (κ3) is 7.17. The first kappa shape index (κ1) is 26.9. The second-order valence-electron chi connectivity index (χ2n) is 10.5. The molecule has 2 heterocycles. The van der Waals surface area contributed by atoms with E-state index < -0.39 is 24.1 Å². The number of carbonyl (C=O) groups excluding carboxylic acids is 2. The van der Waals surface area contributed by atoms with Crippen molar-refractivity contribution in [2.24, 2.45) is 11.8 Å². The fourth-order valence-corrected chi connectivity index (χ4v) is 6.23. The molecule has 194 valence electrons. The molecular formula is C26H45N3O5. The average Bonchev–Trinajstić information content (AvgIpc) is 3.23. The van der Waals surface area contributed by atoms with Crippen LogP contribution in [0.1, 0.15) is 90.9 Å². The van der Waals surface area contributed by atoms with E-state index in [1.54, 1.807) is 18.7 Å². The van der Waals surface area contributed by atoms with E-state index in [9.17, 15) is 19.5 Å². The molecule has 0 bridgehead atoms. The van der Waals surface area contributed by atoms with Crippen LogP contribution in [-0.4, -0.2) is 71.7 Å². The predicted molar refractivity (Wildman–Crippen MR) is 130 cm³/mol. The molecule has 0 aromatic carbocycles. The molecule has 0 radical (unpaired) electrons. The predicted octanol–water partition coefficient (Wildman–Crippen LogP) is 3.09. The second kappa shape index (κ2) is 13.4. The van der Waals surface area contributed by atoms with Crippen LogP contribution in [0.3, 0.4) is 0 Å². The van der Waals surface area contributed by atoms with Crippen molar-refractivity contribution in [3.63, 3.8) is 0 Å². The van der Waals surface area contributed by atoms with Gasteiger partial charge in [-0.1, -0.05) is 38.5 Å². The Hall–Kier alpha value is -1.67. The van der Waals surface area contributed by atoms with Gasteiger partial charge in [0, 0.05) is 6.04 Å². The van der Waals surface area contributed by atoms with Gasteiger partial charge in [-0.3, -0.25) is 14.9 Å². The van der Waals surface area contributed by atoms with Crippen molar-refractivity contribution < 1.29 is 24.2 Å². The minimum absolute atomic E-state index is 0.00244. The molecule has 0 unspecified atom stereocenters. The first-order valence-electron chi connectivity index (χ1n) is 13.6. The van der Waals surface area contributed by atoms with Crippen LogP contribution >= 0.6 is 0 Å². The van der Waals surface area contributed by atoms with Crippen LogP contribution in [0.4, 0.5) is 0 Å². The number of hydrogen-bond acceptors (Lipinski definition) is 6. The molecule has 34 heavy (non-hydrogen) atoms. The molecule has 0 spiro atoms. The summed E-state index contributed by atoms with van der Waals surface area (Å²) in [6.45, 7) is 6.07. The number of rotatable bonds is 12. The third-order valence-corrected chi connectivity index (χ3v) is 8.08. The number of aliphatic carboxylic acids is 1. The standard InChI is InChI=1S/C26H45N3O5/c1-3-34-26(33)21(11-6-4-5-9-19-13-15-27-16-14-19)28-18(2)24(30)29-22-12-8-7-10-20(22)17-23(29)25(31)32/h18-23,27-28H,3-17H2,1-2H3,(H,31,32)/t18-,20-,21-,22-,23-/m0/s1. The Kier molecular flexibility index (Phi) is 10.6. The number of fused-ring (bicyclic) bond motifs is 1. The molecule has 2 aliphatic heterocycles. The topological polar surface area (TPSA) is 108 Å². The van der Waals surface area contributed by atoms with Gasteiger partial charge in [-0.25, -0.2) is 4.79 Å². The van der Waals surface area contributed by atoms with Crippen molar-refractivity contribution in [1.82, 2.24) is 15.5 Å². The van der Waals surface area contributed by atoms with Crippen molar-refractivity contribution in [3.8, 4) is 0 Å². The zero-order chi connectivity index (χ0) is 24.5. The number of carboxylic acid groups (broad SMARTS) is 1. The Labute approximate surface area is 204 Å². The van der Waals surface area contributed by atoms with Crippen LogP contribution in [0.25, 0.3) is 0 Å². The van der Waals surface area contributed by atoms with Gasteiger partial charge in [-0.05, 0) is 77.3 Å². The summed E-state index contributed by atoms with van der Waals surface area (Å²) < 4.78 is 5.28. The summed E-state index contributed by atoms with van der Waals surface area (Å²) in [5.41, 5.74) is 0. The highest BCUT2D eigenvalue weighted by atomic mass is 16.5. The van der Waals surface area contributed by atoms with Gasteiger partial charge in [-0.2, -0.15) is 0 Å². The smallest absolute Gasteiger partial charge is 0.326 e. The number of likely N-dealkylation sites (tertiary alicyclic amines) is 1. The molecule has 1 aliphatic carbocycles. The number of esters is 1. The van der Waals surface area contributed by atoms with E-state index in [1.165, 1.54) is 19.3 Å². The maximum Gasteiger partial charge on any atom is 0.326 e. The Morgan fingerprint density at radius 1 is 1.09 bits per heavy atom. The molecule has 3 rings (SSSR count). The summed E-state index contributed by atoms with van der Waals surface area (Å²) in [6, 6.07) is -1.94. The molecule has 3 fully saturated rings. The second-order valence-corrected chi connectivity index (χ2v) is 10.5. The summed E-state index contributed by atoms with van der Waals surface area (Å²) in [6.07, 6.45) is 12.0. The number of carbonyl (C=O) groups is 3. The molecule has 8 nitrogen and oxygen atoms in total. The molecule has 2 saturated heterocycles. The zero-order valence-corrected chi connectivity index (χ0v) is 21.1. The van der Waals surface area contributed by atoms with Gasteiger partial charge < -0.3 is 20.1 Å². The number of ether oxygens (including phenoxy) is 1. The van der Waals surface area contributed by atoms with Crippen molar-refractivity contribution in [2.45, 2.75) is 115 Å². The monoisotopic (exact) mass is 479 g/mol. The first-order valence-corrected chi connectivity index (χ1v) is 13.6.